The van der Waals surface area contributed by atoms with Gasteiger partial charge in [0, 0.05) is 30.6 Å². The third-order valence-corrected chi connectivity index (χ3v) is 8.44. The van der Waals surface area contributed by atoms with E-state index in [9.17, 15) is 14.4 Å². The highest BCUT2D eigenvalue weighted by atomic mass is 32.2. The third kappa shape index (κ3) is 8.35. The van der Waals surface area contributed by atoms with Crippen LogP contribution in [0.4, 0.5) is 0 Å². The first-order valence-electron chi connectivity index (χ1n) is 14.3. The van der Waals surface area contributed by atoms with Crippen molar-refractivity contribution in [2.45, 2.75) is 69.2 Å². The van der Waals surface area contributed by atoms with Crippen molar-refractivity contribution >= 4 is 41.3 Å². The molecular weight excluding hydrogens is 546 g/mol. The second kappa shape index (κ2) is 13.9. The number of benzene rings is 3. The Morgan fingerprint density at radius 3 is 2.14 bits per heavy atom. The molecule has 0 saturated carbocycles. The van der Waals surface area contributed by atoms with Crippen LogP contribution in [0.2, 0.25) is 0 Å². The Balaban J connectivity index is 1.60. The van der Waals surface area contributed by atoms with Gasteiger partial charge in [-0.3, -0.25) is 14.4 Å². The molecule has 0 aromatic heterocycles. The summed E-state index contributed by atoms with van der Waals surface area (Å²) >= 11 is 1.80. The molecule has 0 fully saturated rings. The molecule has 3 aromatic carbocycles. The van der Waals surface area contributed by atoms with Crippen molar-refractivity contribution < 1.29 is 23.9 Å². The second-order valence-corrected chi connectivity index (χ2v) is 12.3. The number of rotatable bonds is 11. The second-order valence-electron chi connectivity index (χ2n) is 11.2. The van der Waals surface area contributed by atoms with Crippen molar-refractivity contribution in [3.05, 3.63) is 93.9 Å². The van der Waals surface area contributed by atoms with Crippen molar-refractivity contribution in [1.29, 1.82) is 0 Å². The predicted octanol–water partition coefficient (Wildman–Crippen LogP) is 5.10. The number of nitrogens with one attached hydrogen (secondary N) is 1. The van der Waals surface area contributed by atoms with Crippen LogP contribution in [0.15, 0.2) is 76.5 Å². The summed E-state index contributed by atoms with van der Waals surface area (Å²) < 4.78 is 10.5. The molecule has 1 N–H and O–H groups in total. The average molecular weight is 586 g/mol. The molecule has 1 aliphatic rings. The monoisotopic (exact) mass is 585 g/mol. The van der Waals surface area contributed by atoms with Crippen molar-refractivity contribution in [2.24, 2.45) is 5.92 Å². The standard InChI is InChI=1S/C35H39NO5S/c1-23-9-15-30(16-10-23)42-34-8-6-7-31-32(19-24(2)20-33(31)34)29-13-11-28(12-14-29)17-18-35(36-25(3)37,21-40-26(4)38)22-41-27(5)39/h6-16,20,24H,17-19,21-22H2,1-5H3,(H,36,37). The Labute approximate surface area is 252 Å². The minimum atomic E-state index is -1.02. The highest BCUT2D eigenvalue weighted by Gasteiger charge is 2.34. The van der Waals surface area contributed by atoms with E-state index >= 15 is 0 Å². The van der Waals surface area contributed by atoms with Gasteiger partial charge in [0.05, 0.1) is 0 Å². The summed E-state index contributed by atoms with van der Waals surface area (Å²) in [6, 6.07) is 23.7. The lowest BCUT2D eigenvalue weighted by molar-refractivity contribution is -0.150. The van der Waals surface area contributed by atoms with Crippen molar-refractivity contribution in [3.63, 3.8) is 0 Å². The highest BCUT2D eigenvalue weighted by Crippen LogP contribution is 2.28. The van der Waals surface area contributed by atoms with E-state index in [1.165, 1.54) is 57.7 Å². The van der Waals surface area contributed by atoms with Crippen LogP contribution in [-0.4, -0.2) is 36.6 Å². The van der Waals surface area contributed by atoms with Gasteiger partial charge in [-0.15, -0.1) is 0 Å². The molecule has 4 rings (SSSR count). The molecule has 0 heterocycles. The van der Waals surface area contributed by atoms with E-state index in [-0.39, 0.29) is 19.1 Å². The van der Waals surface area contributed by atoms with Crippen molar-refractivity contribution in [1.82, 2.24) is 5.32 Å². The molecule has 42 heavy (non-hydrogen) atoms. The van der Waals surface area contributed by atoms with E-state index in [4.69, 9.17) is 9.47 Å². The topological polar surface area (TPSA) is 81.7 Å². The molecule has 0 bridgehead atoms. The molecular formula is C35H39NO5S. The fourth-order valence-corrected chi connectivity index (χ4v) is 6.24. The Kier molecular flexibility index (Phi) is 10.3. The largest absolute Gasteiger partial charge is 0.463 e. The number of carbonyl (C=O) groups excluding carboxylic acids is 3. The number of fused-ring (bicyclic) bond motifs is 1. The zero-order valence-electron chi connectivity index (χ0n) is 25.0. The van der Waals surface area contributed by atoms with Gasteiger partial charge in [0.2, 0.25) is 5.91 Å². The zero-order chi connectivity index (χ0) is 30.3. The SMILES string of the molecule is CC(=O)NC(CCc1ccc(C2=c3cccc(Sc4ccc(C)cc4)c3=CC(C)C2)cc1)(COC(C)=O)COC(C)=O. The van der Waals surface area contributed by atoms with Crippen LogP contribution in [0.25, 0.3) is 11.6 Å². The molecule has 6 nitrogen and oxygen atoms in total. The summed E-state index contributed by atoms with van der Waals surface area (Å²) in [6.07, 6.45) is 4.37. The van der Waals surface area contributed by atoms with Crippen LogP contribution in [0, 0.1) is 12.8 Å². The maximum Gasteiger partial charge on any atom is 0.302 e. The molecule has 0 radical (unpaired) electrons. The van der Waals surface area contributed by atoms with Gasteiger partial charge in [-0.1, -0.05) is 78.9 Å². The fraction of sp³-hybridized carbons (Fsp3) is 0.343. The molecule has 1 unspecified atom stereocenters. The van der Waals surface area contributed by atoms with E-state index in [2.05, 4.69) is 92.0 Å². The summed E-state index contributed by atoms with van der Waals surface area (Å²) in [7, 11) is 0. The van der Waals surface area contributed by atoms with Gasteiger partial charge in [-0.05, 0) is 77.4 Å². The van der Waals surface area contributed by atoms with Crippen LogP contribution in [-0.2, 0) is 30.3 Å². The van der Waals surface area contributed by atoms with E-state index in [0.717, 1.165) is 12.0 Å². The van der Waals surface area contributed by atoms with Gasteiger partial charge in [-0.25, -0.2) is 0 Å². The first-order chi connectivity index (χ1) is 20.0. The third-order valence-electron chi connectivity index (χ3n) is 7.36. The molecule has 0 spiro atoms. The van der Waals surface area contributed by atoms with Gasteiger partial charge in [-0.2, -0.15) is 0 Å². The van der Waals surface area contributed by atoms with E-state index in [0.29, 0.717) is 18.8 Å². The summed E-state index contributed by atoms with van der Waals surface area (Å²) in [5.41, 5.74) is 3.82. The Bertz CT molecular complexity index is 1540. The number of hydrogen-bond donors (Lipinski definition) is 1. The molecule has 3 aromatic rings. The van der Waals surface area contributed by atoms with Crippen LogP contribution in [0.1, 0.15) is 57.2 Å². The van der Waals surface area contributed by atoms with E-state index in [1.54, 1.807) is 11.8 Å². The smallest absolute Gasteiger partial charge is 0.302 e. The molecule has 0 aliphatic heterocycles. The Morgan fingerprint density at radius 2 is 1.55 bits per heavy atom. The quantitative estimate of drug-likeness (QED) is 0.316. The van der Waals surface area contributed by atoms with Gasteiger partial charge in [0.25, 0.3) is 0 Å². The summed E-state index contributed by atoms with van der Waals surface area (Å²) in [5.74, 6) is -0.808. The summed E-state index contributed by atoms with van der Waals surface area (Å²) in [4.78, 5) is 37.7. The maximum atomic E-state index is 12.0. The first kappa shape index (κ1) is 31.1. The molecule has 1 aliphatic carbocycles. The predicted molar refractivity (Wildman–Crippen MR) is 166 cm³/mol. The van der Waals surface area contributed by atoms with Gasteiger partial charge in [0.1, 0.15) is 18.8 Å². The average Bonchev–Trinajstić information content (AvgIpc) is 2.95. The van der Waals surface area contributed by atoms with Gasteiger partial charge in [0.15, 0.2) is 0 Å². The fourth-order valence-electron chi connectivity index (χ4n) is 5.28. The van der Waals surface area contributed by atoms with Gasteiger partial charge < -0.3 is 14.8 Å². The first-order valence-corrected chi connectivity index (χ1v) is 15.1. The Hall–Kier alpha value is -3.84. The van der Waals surface area contributed by atoms with Crippen LogP contribution in [0.3, 0.4) is 0 Å². The highest BCUT2D eigenvalue weighted by molar-refractivity contribution is 7.99. The lowest BCUT2D eigenvalue weighted by atomic mass is 9.87. The van der Waals surface area contributed by atoms with E-state index < -0.39 is 17.5 Å². The number of amides is 1. The van der Waals surface area contributed by atoms with Crippen LogP contribution < -0.4 is 15.8 Å². The number of ether oxygens (including phenoxy) is 2. The lowest BCUT2D eigenvalue weighted by Crippen LogP contribution is -2.55. The number of aryl methyl sites for hydroxylation is 2. The number of carbonyl (C=O) groups is 3. The van der Waals surface area contributed by atoms with Crippen LogP contribution in [0.5, 0.6) is 0 Å². The van der Waals surface area contributed by atoms with Crippen molar-refractivity contribution in [3.8, 4) is 0 Å². The zero-order valence-corrected chi connectivity index (χ0v) is 25.8. The number of esters is 2. The molecule has 7 heteroatoms. The molecule has 1 atom stereocenters. The van der Waals surface area contributed by atoms with Crippen LogP contribution >= 0.6 is 11.8 Å². The normalized spacial score (nSPS) is 14.4. The lowest BCUT2D eigenvalue weighted by Gasteiger charge is -2.33. The van der Waals surface area contributed by atoms with Gasteiger partial charge >= 0.3 is 11.9 Å². The van der Waals surface area contributed by atoms with Crippen molar-refractivity contribution in [2.75, 3.05) is 13.2 Å². The minimum Gasteiger partial charge on any atom is -0.463 e. The molecule has 0 saturated heterocycles. The number of hydrogen-bond acceptors (Lipinski definition) is 6. The maximum absolute atomic E-state index is 12.0. The Morgan fingerprint density at radius 1 is 0.905 bits per heavy atom. The summed E-state index contributed by atoms with van der Waals surface area (Å²) in [5, 5.41) is 5.43. The molecule has 220 valence electrons. The minimum absolute atomic E-state index is 0.0840. The molecule has 1 amide bonds. The van der Waals surface area contributed by atoms with E-state index in [1.807, 2.05) is 0 Å². The summed E-state index contributed by atoms with van der Waals surface area (Å²) in [6.45, 7) is 8.22.